The molecule has 2 aromatic rings. The Balaban J connectivity index is 2.53. The molecule has 0 aliphatic carbocycles. The van der Waals surface area contributed by atoms with E-state index in [2.05, 4.69) is 10.2 Å². The van der Waals surface area contributed by atoms with Crippen LogP contribution in [0.5, 0.6) is 0 Å². The maximum atomic E-state index is 5.02. The predicted molar refractivity (Wildman–Crippen MR) is 38.7 cm³/mol. The molecular weight excluding hydrogens is 142 g/mol. The van der Waals surface area contributed by atoms with Gasteiger partial charge in [0.05, 0.1) is 0 Å². The van der Waals surface area contributed by atoms with Crippen molar-refractivity contribution in [2.24, 2.45) is 7.05 Å². The van der Waals surface area contributed by atoms with E-state index in [4.69, 9.17) is 4.42 Å². The first-order chi connectivity index (χ1) is 5.38. The smallest absolute Gasteiger partial charge is 0.264 e. The van der Waals surface area contributed by atoms with Crippen LogP contribution in [0.4, 0.5) is 0 Å². The van der Waals surface area contributed by atoms with E-state index in [1.807, 2.05) is 29.9 Å². The monoisotopic (exact) mass is 149 g/mol. The largest absolute Gasteiger partial charge is 0.422 e. The van der Waals surface area contributed by atoms with Gasteiger partial charge in [0.1, 0.15) is 5.69 Å². The van der Waals surface area contributed by atoms with E-state index in [1.165, 1.54) is 6.39 Å². The van der Waals surface area contributed by atoms with Crippen molar-refractivity contribution < 1.29 is 4.42 Å². The standard InChI is InChI=1S/C7H7N3O/c1-10-4-2-3-6(10)7-9-8-5-11-7/h2-5H,1H3. The molecule has 4 nitrogen and oxygen atoms in total. The first-order valence-electron chi connectivity index (χ1n) is 3.26. The number of hydrogen-bond donors (Lipinski definition) is 0. The average Bonchev–Trinajstić information content (AvgIpc) is 2.55. The van der Waals surface area contributed by atoms with E-state index in [0.29, 0.717) is 5.89 Å². The Labute approximate surface area is 63.5 Å². The average molecular weight is 149 g/mol. The van der Waals surface area contributed by atoms with Crippen LogP contribution in [0, 0.1) is 0 Å². The van der Waals surface area contributed by atoms with Crippen LogP contribution in [-0.2, 0) is 7.05 Å². The van der Waals surface area contributed by atoms with Crippen LogP contribution in [0.15, 0.2) is 29.1 Å². The van der Waals surface area contributed by atoms with Crippen LogP contribution in [0.2, 0.25) is 0 Å². The van der Waals surface area contributed by atoms with Gasteiger partial charge in [-0.3, -0.25) is 0 Å². The predicted octanol–water partition coefficient (Wildman–Crippen LogP) is 1.08. The Bertz CT molecular complexity index is 336. The summed E-state index contributed by atoms with van der Waals surface area (Å²) < 4.78 is 6.94. The second-order valence-corrected chi connectivity index (χ2v) is 2.25. The summed E-state index contributed by atoms with van der Waals surface area (Å²) in [6.45, 7) is 0. The fraction of sp³-hybridized carbons (Fsp3) is 0.143. The Morgan fingerprint density at radius 3 is 3.00 bits per heavy atom. The Hall–Kier alpha value is -1.58. The first kappa shape index (κ1) is 6.15. The molecule has 56 valence electrons. The number of aryl methyl sites for hydroxylation is 1. The lowest BCUT2D eigenvalue weighted by Gasteiger charge is -1.94. The SMILES string of the molecule is Cn1cccc1-c1nnco1. The quantitative estimate of drug-likeness (QED) is 0.609. The van der Waals surface area contributed by atoms with Crippen molar-refractivity contribution in [3.8, 4) is 11.6 Å². The molecule has 0 atom stereocenters. The summed E-state index contributed by atoms with van der Waals surface area (Å²) in [5.41, 5.74) is 0.933. The minimum atomic E-state index is 0.553. The van der Waals surface area contributed by atoms with Crippen molar-refractivity contribution in [2.45, 2.75) is 0 Å². The fourth-order valence-electron chi connectivity index (χ4n) is 0.968. The molecule has 0 saturated heterocycles. The second-order valence-electron chi connectivity index (χ2n) is 2.25. The zero-order valence-electron chi connectivity index (χ0n) is 6.06. The molecule has 0 aromatic carbocycles. The number of hydrogen-bond acceptors (Lipinski definition) is 3. The van der Waals surface area contributed by atoms with Gasteiger partial charge in [-0.1, -0.05) is 0 Å². The van der Waals surface area contributed by atoms with Crippen LogP contribution in [0.1, 0.15) is 0 Å². The van der Waals surface area contributed by atoms with Gasteiger partial charge in [-0.25, -0.2) is 0 Å². The molecule has 0 saturated carbocycles. The number of rotatable bonds is 1. The van der Waals surface area contributed by atoms with Crippen molar-refractivity contribution in [1.29, 1.82) is 0 Å². The maximum absolute atomic E-state index is 5.02. The van der Waals surface area contributed by atoms with Gasteiger partial charge in [0, 0.05) is 13.2 Å². The van der Waals surface area contributed by atoms with Crippen LogP contribution in [-0.4, -0.2) is 14.8 Å². The Morgan fingerprint density at radius 1 is 1.55 bits per heavy atom. The van der Waals surface area contributed by atoms with Gasteiger partial charge in [-0.05, 0) is 12.1 Å². The van der Waals surface area contributed by atoms with Gasteiger partial charge < -0.3 is 8.98 Å². The second kappa shape index (κ2) is 2.23. The summed E-state index contributed by atoms with van der Waals surface area (Å²) in [7, 11) is 1.93. The number of nitrogens with zero attached hydrogens (tertiary/aromatic N) is 3. The van der Waals surface area contributed by atoms with E-state index in [1.54, 1.807) is 0 Å². The molecule has 0 aliphatic rings. The highest BCUT2D eigenvalue weighted by molar-refractivity contribution is 5.46. The van der Waals surface area contributed by atoms with Crippen LogP contribution in [0.25, 0.3) is 11.6 Å². The molecular formula is C7H7N3O. The maximum Gasteiger partial charge on any atom is 0.264 e. The molecule has 0 amide bonds. The van der Waals surface area contributed by atoms with Crippen molar-refractivity contribution >= 4 is 0 Å². The number of aromatic nitrogens is 3. The lowest BCUT2D eigenvalue weighted by Crippen LogP contribution is -1.88. The zero-order chi connectivity index (χ0) is 7.68. The Morgan fingerprint density at radius 2 is 2.45 bits per heavy atom. The van der Waals surface area contributed by atoms with Gasteiger partial charge in [-0.15, -0.1) is 10.2 Å². The van der Waals surface area contributed by atoms with E-state index in [9.17, 15) is 0 Å². The fourth-order valence-corrected chi connectivity index (χ4v) is 0.968. The normalized spacial score (nSPS) is 10.3. The third kappa shape index (κ3) is 0.920. The van der Waals surface area contributed by atoms with E-state index < -0.39 is 0 Å². The van der Waals surface area contributed by atoms with Crippen molar-refractivity contribution in [1.82, 2.24) is 14.8 Å². The van der Waals surface area contributed by atoms with Gasteiger partial charge in [-0.2, -0.15) is 0 Å². The van der Waals surface area contributed by atoms with Crippen molar-refractivity contribution in [3.63, 3.8) is 0 Å². The van der Waals surface area contributed by atoms with E-state index in [0.717, 1.165) is 5.69 Å². The lowest BCUT2D eigenvalue weighted by atomic mass is 10.4. The third-order valence-corrected chi connectivity index (χ3v) is 1.52. The highest BCUT2D eigenvalue weighted by Gasteiger charge is 2.04. The minimum absolute atomic E-state index is 0.553. The first-order valence-corrected chi connectivity index (χ1v) is 3.26. The highest BCUT2D eigenvalue weighted by atomic mass is 16.4. The minimum Gasteiger partial charge on any atom is -0.422 e. The summed E-state index contributed by atoms with van der Waals surface area (Å²) in [4.78, 5) is 0. The molecule has 4 heteroatoms. The van der Waals surface area contributed by atoms with Crippen molar-refractivity contribution in [2.75, 3.05) is 0 Å². The third-order valence-electron chi connectivity index (χ3n) is 1.52. The van der Waals surface area contributed by atoms with Crippen molar-refractivity contribution in [3.05, 3.63) is 24.7 Å². The highest BCUT2D eigenvalue weighted by Crippen LogP contribution is 2.14. The molecule has 0 radical (unpaired) electrons. The van der Waals surface area contributed by atoms with Gasteiger partial charge in [0.2, 0.25) is 6.39 Å². The topological polar surface area (TPSA) is 43.9 Å². The van der Waals surface area contributed by atoms with Gasteiger partial charge >= 0.3 is 0 Å². The lowest BCUT2D eigenvalue weighted by molar-refractivity contribution is 0.563. The molecule has 0 spiro atoms. The van der Waals surface area contributed by atoms with E-state index >= 15 is 0 Å². The Kier molecular flexibility index (Phi) is 1.25. The molecule has 0 aliphatic heterocycles. The van der Waals surface area contributed by atoms with E-state index in [-0.39, 0.29) is 0 Å². The molecule has 0 N–H and O–H groups in total. The van der Waals surface area contributed by atoms with Crippen LogP contribution < -0.4 is 0 Å². The molecule has 0 bridgehead atoms. The molecule has 2 rings (SSSR count). The van der Waals surface area contributed by atoms with Gasteiger partial charge in [0.25, 0.3) is 5.89 Å². The molecule has 0 fully saturated rings. The summed E-state index contributed by atoms with van der Waals surface area (Å²) in [5.74, 6) is 0.553. The molecule has 0 unspecified atom stereocenters. The van der Waals surface area contributed by atoms with Gasteiger partial charge in [0.15, 0.2) is 0 Å². The molecule has 2 aromatic heterocycles. The van der Waals surface area contributed by atoms with Crippen LogP contribution in [0.3, 0.4) is 0 Å². The summed E-state index contributed by atoms with van der Waals surface area (Å²) in [5, 5.41) is 7.37. The molecule has 11 heavy (non-hydrogen) atoms. The summed E-state index contributed by atoms with van der Waals surface area (Å²) in [6, 6.07) is 3.85. The molecule has 2 heterocycles. The zero-order valence-corrected chi connectivity index (χ0v) is 6.06. The summed E-state index contributed by atoms with van der Waals surface area (Å²) >= 11 is 0. The van der Waals surface area contributed by atoms with Crippen LogP contribution >= 0.6 is 0 Å². The summed E-state index contributed by atoms with van der Waals surface area (Å²) in [6.07, 6.45) is 3.25.